The Kier molecular flexibility index (Phi) is 1.80. The second kappa shape index (κ2) is 2.61. The molecule has 1 aromatic rings. The number of anilines is 2. The van der Waals surface area contributed by atoms with Crippen LogP contribution in [-0.2, 0) is 11.8 Å². The van der Waals surface area contributed by atoms with Gasteiger partial charge in [-0.15, -0.1) is 0 Å². The van der Waals surface area contributed by atoms with Gasteiger partial charge in [-0.25, -0.2) is 0 Å². The summed E-state index contributed by atoms with van der Waals surface area (Å²) in [6.45, 7) is 1.78. The number of aryl methyl sites for hydroxylation is 2. The molecule has 0 spiro atoms. The number of amides is 1. The Morgan fingerprint density at radius 2 is 2.36 bits per heavy atom. The molecule has 0 saturated carbocycles. The number of carbonyl (C=O) groups is 1. The van der Waals surface area contributed by atoms with E-state index < -0.39 is 0 Å². The largest absolute Gasteiger partial charge is 0.382 e. The first-order valence-corrected chi connectivity index (χ1v) is 3.16. The summed E-state index contributed by atoms with van der Waals surface area (Å²) in [5.41, 5.74) is 6.87. The molecule has 0 aliphatic rings. The highest BCUT2D eigenvalue weighted by atomic mass is 16.1. The smallest absolute Gasteiger partial charge is 0.211 e. The maximum Gasteiger partial charge on any atom is 0.211 e. The van der Waals surface area contributed by atoms with Gasteiger partial charge in [0.05, 0.1) is 5.69 Å². The van der Waals surface area contributed by atoms with E-state index in [4.69, 9.17) is 5.73 Å². The average Bonchev–Trinajstić information content (AvgIpc) is 2.17. The van der Waals surface area contributed by atoms with E-state index in [9.17, 15) is 4.79 Å². The van der Waals surface area contributed by atoms with E-state index in [1.807, 2.05) is 0 Å². The molecule has 1 rings (SSSR count). The molecule has 0 atom stereocenters. The van der Waals surface area contributed by atoms with Gasteiger partial charge >= 0.3 is 0 Å². The summed E-state index contributed by atoms with van der Waals surface area (Å²) in [7, 11) is 1.72. The lowest BCUT2D eigenvalue weighted by molar-refractivity contribution is -0.105. The van der Waals surface area contributed by atoms with Crippen molar-refractivity contribution >= 4 is 17.9 Å². The van der Waals surface area contributed by atoms with Gasteiger partial charge in [0, 0.05) is 7.05 Å². The van der Waals surface area contributed by atoms with Crippen LogP contribution in [0.4, 0.5) is 11.5 Å². The second-order valence-electron chi connectivity index (χ2n) is 2.23. The molecule has 0 fully saturated rings. The zero-order valence-corrected chi connectivity index (χ0v) is 6.46. The number of nitrogen functional groups attached to an aromatic ring is 1. The molecule has 5 nitrogen and oxygen atoms in total. The standard InChI is InChI=1S/C6H10N4O/c1-4-5(8-3-11)6(7)10(2)9-4/h3H,7H2,1-2H3,(H,8,11). The van der Waals surface area contributed by atoms with Crippen molar-refractivity contribution in [3.05, 3.63) is 5.69 Å². The zero-order valence-electron chi connectivity index (χ0n) is 6.46. The van der Waals surface area contributed by atoms with Crippen LogP contribution in [0.3, 0.4) is 0 Å². The van der Waals surface area contributed by atoms with Crippen LogP contribution in [0, 0.1) is 6.92 Å². The van der Waals surface area contributed by atoms with Gasteiger partial charge in [-0.1, -0.05) is 0 Å². The summed E-state index contributed by atoms with van der Waals surface area (Å²) in [5.74, 6) is 0.467. The molecule has 11 heavy (non-hydrogen) atoms. The Labute approximate surface area is 64.2 Å². The van der Waals surface area contributed by atoms with Crippen LogP contribution in [-0.4, -0.2) is 16.2 Å². The highest BCUT2D eigenvalue weighted by Crippen LogP contribution is 2.20. The van der Waals surface area contributed by atoms with Crippen molar-refractivity contribution in [3.63, 3.8) is 0 Å². The average molecular weight is 154 g/mol. The third-order valence-corrected chi connectivity index (χ3v) is 1.47. The molecule has 0 unspecified atom stereocenters. The minimum Gasteiger partial charge on any atom is -0.382 e. The molecule has 0 bridgehead atoms. The number of carbonyl (C=O) groups excluding carboxylic acids is 1. The van der Waals surface area contributed by atoms with Crippen LogP contribution in [0.2, 0.25) is 0 Å². The number of nitrogens with one attached hydrogen (secondary N) is 1. The Hall–Kier alpha value is -1.52. The molecule has 1 heterocycles. The van der Waals surface area contributed by atoms with Crippen LogP contribution < -0.4 is 11.1 Å². The monoisotopic (exact) mass is 154 g/mol. The number of hydrogen-bond donors (Lipinski definition) is 2. The zero-order chi connectivity index (χ0) is 8.43. The minimum absolute atomic E-state index is 0.467. The maximum absolute atomic E-state index is 10.1. The molecule has 0 aromatic carbocycles. The molecule has 0 aliphatic carbocycles. The number of rotatable bonds is 2. The Balaban J connectivity index is 3.11. The van der Waals surface area contributed by atoms with Gasteiger partial charge in [0.2, 0.25) is 6.41 Å². The van der Waals surface area contributed by atoms with E-state index in [-0.39, 0.29) is 0 Å². The predicted molar refractivity (Wildman–Crippen MR) is 42.0 cm³/mol. The van der Waals surface area contributed by atoms with Gasteiger partial charge in [-0.3, -0.25) is 9.48 Å². The molecule has 0 aliphatic heterocycles. The molecular weight excluding hydrogens is 144 g/mol. The van der Waals surface area contributed by atoms with Gasteiger partial charge in [-0.05, 0) is 6.92 Å². The van der Waals surface area contributed by atoms with Crippen molar-refractivity contribution in [2.24, 2.45) is 7.05 Å². The van der Waals surface area contributed by atoms with E-state index in [1.54, 1.807) is 14.0 Å². The molecule has 1 aromatic heterocycles. The number of aromatic nitrogens is 2. The van der Waals surface area contributed by atoms with E-state index in [0.29, 0.717) is 17.9 Å². The normalized spacial score (nSPS) is 9.64. The van der Waals surface area contributed by atoms with E-state index in [1.165, 1.54) is 4.68 Å². The molecule has 1 amide bonds. The number of nitrogens with two attached hydrogens (primary N) is 1. The Morgan fingerprint density at radius 3 is 2.73 bits per heavy atom. The molecule has 60 valence electrons. The fourth-order valence-electron chi connectivity index (χ4n) is 0.913. The first-order valence-electron chi connectivity index (χ1n) is 3.16. The number of nitrogens with zero attached hydrogens (tertiary/aromatic N) is 2. The summed E-state index contributed by atoms with van der Waals surface area (Å²) in [6, 6.07) is 0. The third kappa shape index (κ3) is 1.17. The Bertz CT molecular complexity index is 278. The van der Waals surface area contributed by atoms with Crippen molar-refractivity contribution in [3.8, 4) is 0 Å². The highest BCUT2D eigenvalue weighted by Gasteiger charge is 2.07. The highest BCUT2D eigenvalue weighted by molar-refractivity contribution is 5.79. The van der Waals surface area contributed by atoms with Gasteiger partial charge in [0.25, 0.3) is 0 Å². The van der Waals surface area contributed by atoms with Crippen LogP contribution >= 0.6 is 0 Å². The van der Waals surface area contributed by atoms with Crippen LogP contribution in [0.1, 0.15) is 5.69 Å². The summed E-state index contributed by atoms with van der Waals surface area (Å²) >= 11 is 0. The summed E-state index contributed by atoms with van der Waals surface area (Å²) in [5, 5.41) is 6.48. The fraction of sp³-hybridized carbons (Fsp3) is 0.333. The van der Waals surface area contributed by atoms with Gasteiger partial charge < -0.3 is 11.1 Å². The molecule has 3 N–H and O–H groups in total. The van der Waals surface area contributed by atoms with E-state index in [2.05, 4.69) is 10.4 Å². The van der Waals surface area contributed by atoms with Crippen molar-refractivity contribution in [2.75, 3.05) is 11.1 Å². The van der Waals surface area contributed by atoms with Gasteiger partial charge in [-0.2, -0.15) is 5.10 Å². The quantitative estimate of drug-likeness (QED) is 0.583. The lowest BCUT2D eigenvalue weighted by atomic mass is 10.4. The topological polar surface area (TPSA) is 72.9 Å². The lowest BCUT2D eigenvalue weighted by Gasteiger charge is -1.96. The number of hydrogen-bond acceptors (Lipinski definition) is 3. The molecule has 0 saturated heterocycles. The molecular formula is C6H10N4O. The van der Waals surface area contributed by atoms with E-state index >= 15 is 0 Å². The van der Waals surface area contributed by atoms with Crippen molar-refractivity contribution in [1.82, 2.24) is 9.78 Å². The summed E-state index contributed by atoms with van der Waals surface area (Å²) < 4.78 is 1.52. The lowest BCUT2D eigenvalue weighted by Crippen LogP contribution is -2.01. The first-order chi connectivity index (χ1) is 5.16. The predicted octanol–water partition coefficient (Wildman–Crippen LogP) is -0.121. The van der Waals surface area contributed by atoms with E-state index in [0.717, 1.165) is 5.69 Å². The summed E-state index contributed by atoms with van der Waals surface area (Å²) in [6.07, 6.45) is 0.584. The third-order valence-electron chi connectivity index (χ3n) is 1.47. The van der Waals surface area contributed by atoms with Crippen LogP contribution in [0.5, 0.6) is 0 Å². The van der Waals surface area contributed by atoms with Crippen LogP contribution in [0.25, 0.3) is 0 Å². The van der Waals surface area contributed by atoms with Crippen molar-refractivity contribution < 1.29 is 4.79 Å². The van der Waals surface area contributed by atoms with Crippen LogP contribution in [0.15, 0.2) is 0 Å². The SMILES string of the molecule is Cc1nn(C)c(N)c1NC=O. The molecule has 5 heteroatoms. The van der Waals surface area contributed by atoms with Crippen molar-refractivity contribution in [2.45, 2.75) is 6.92 Å². The van der Waals surface area contributed by atoms with Crippen molar-refractivity contribution in [1.29, 1.82) is 0 Å². The first kappa shape index (κ1) is 7.59. The summed E-state index contributed by atoms with van der Waals surface area (Å²) in [4.78, 5) is 10.1. The van der Waals surface area contributed by atoms with Gasteiger partial charge in [0.15, 0.2) is 0 Å². The Morgan fingerprint density at radius 1 is 1.73 bits per heavy atom. The molecule has 0 radical (unpaired) electrons. The maximum atomic E-state index is 10.1. The van der Waals surface area contributed by atoms with Gasteiger partial charge in [0.1, 0.15) is 11.5 Å². The minimum atomic E-state index is 0.467. The second-order valence-corrected chi connectivity index (χ2v) is 2.23. The fourth-order valence-corrected chi connectivity index (χ4v) is 0.913.